The molecule has 0 saturated carbocycles. The molecule has 6 heteroatoms. The van der Waals surface area contributed by atoms with Gasteiger partial charge in [0, 0.05) is 0 Å². The highest BCUT2D eigenvalue weighted by Crippen LogP contribution is 2.01. The van der Waals surface area contributed by atoms with E-state index in [2.05, 4.69) is 0 Å². The largest absolute Gasteiger partial charge is 0.480 e. The van der Waals surface area contributed by atoms with Crippen molar-refractivity contribution in [2.75, 3.05) is 0 Å². The molecule has 0 aliphatic carbocycles. The molecule has 0 amide bonds. The zero-order valence-electron chi connectivity index (χ0n) is 7.14. The van der Waals surface area contributed by atoms with Gasteiger partial charge >= 0.3 is 11.9 Å². The Morgan fingerprint density at radius 2 is 1.31 bits per heavy atom. The van der Waals surface area contributed by atoms with E-state index in [0.29, 0.717) is 6.42 Å². The van der Waals surface area contributed by atoms with Crippen LogP contribution in [0.1, 0.15) is 19.3 Å². The van der Waals surface area contributed by atoms with Crippen LogP contribution in [0.4, 0.5) is 0 Å². The van der Waals surface area contributed by atoms with E-state index in [1.54, 1.807) is 0 Å². The fraction of sp³-hybridized carbons (Fsp3) is 0.714. The predicted octanol–water partition coefficient (Wildman–Crippen LogP) is -1.02. The summed E-state index contributed by atoms with van der Waals surface area (Å²) in [4.78, 5) is 20.5. The van der Waals surface area contributed by atoms with Gasteiger partial charge in [0.2, 0.25) is 0 Å². The molecule has 0 fully saturated rings. The fourth-order valence-electron chi connectivity index (χ4n) is 0.805. The topological polar surface area (TPSA) is 127 Å². The van der Waals surface area contributed by atoms with Gasteiger partial charge in [0.1, 0.15) is 12.1 Å². The van der Waals surface area contributed by atoms with E-state index in [-0.39, 0.29) is 12.8 Å². The zero-order valence-corrected chi connectivity index (χ0v) is 7.14. The predicted molar refractivity (Wildman–Crippen MR) is 45.1 cm³/mol. The molecule has 6 N–H and O–H groups in total. The summed E-state index contributed by atoms with van der Waals surface area (Å²) in [6.45, 7) is 0. The van der Waals surface area contributed by atoms with Gasteiger partial charge in [-0.15, -0.1) is 0 Å². The number of carboxylic acid groups (broad SMARTS) is 2. The summed E-state index contributed by atoms with van der Waals surface area (Å²) >= 11 is 0. The van der Waals surface area contributed by atoms with E-state index in [1.165, 1.54) is 0 Å². The van der Waals surface area contributed by atoms with E-state index in [0.717, 1.165) is 0 Å². The minimum atomic E-state index is -1.08. The Balaban J connectivity index is 3.56. The Kier molecular flexibility index (Phi) is 5.01. The third-order valence-electron chi connectivity index (χ3n) is 1.66. The summed E-state index contributed by atoms with van der Waals surface area (Å²) in [6.07, 6.45) is 0.896. The van der Waals surface area contributed by atoms with Gasteiger partial charge < -0.3 is 21.7 Å². The molecule has 0 bridgehead atoms. The Bertz CT molecular complexity index is 175. The van der Waals surface area contributed by atoms with Crippen LogP contribution in [-0.4, -0.2) is 34.2 Å². The minimum Gasteiger partial charge on any atom is -0.480 e. The lowest BCUT2D eigenvalue weighted by molar-refractivity contribution is -0.139. The number of aliphatic carboxylic acids is 2. The van der Waals surface area contributed by atoms with Crippen LogP contribution in [0, 0.1) is 0 Å². The molecule has 0 aromatic rings. The average molecular weight is 199 g/mol. The number of nitrogens with two attached hydrogens (primary N) is 2. The summed E-state index contributed by atoms with van der Waals surface area (Å²) < 4.78 is 0. The first-order valence-electron chi connectivity index (χ1n) is 3.92. The number of hydrogen-bond acceptors (Lipinski definition) is 4. The lowest BCUT2D eigenvalue weighted by atomic mass is 11.1. The van der Waals surface area contributed by atoms with Crippen LogP contribution in [0.3, 0.4) is 0 Å². The molecular weight excluding hydrogens is 185 g/mol. The van der Waals surface area contributed by atoms with Crippen molar-refractivity contribution in [2.45, 2.75) is 31.3 Å². The molecule has 0 aliphatic heterocycles. The molecule has 0 spiro atoms. The van der Waals surface area contributed by atoms with Gasteiger partial charge in [-0.2, -0.15) is 0 Å². The zero-order chi connectivity index (χ0) is 10.4. The normalized spacial score (nSPS) is 14.9. The van der Waals surface area contributed by atoms with Gasteiger partial charge in [-0.05, 0) is 19.3 Å². The molecular formula is C7H14N2O4. The molecule has 0 rings (SSSR count). The number of carbonyl (C=O) groups is 2. The molecule has 0 aromatic heterocycles. The van der Waals surface area contributed by atoms with Crippen LogP contribution < -0.4 is 11.5 Å². The number of hydrogen-bond donors (Lipinski definition) is 4. The lowest BCUT2D eigenvalue weighted by Gasteiger charge is -2.07. The SMILES string of the molecule is [15NH2][13CH]([13CH2][13CH2][13CH2][13CH]([15NH2])[13C](=O)O)[13C](=O)O. The molecule has 0 radical (unpaired) electrons. The summed E-state index contributed by atoms with van der Waals surface area (Å²) in [5, 5.41) is 16.8. The maximum atomic E-state index is 10.2. The Morgan fingerprint density at radius 1 is 1.00 bits per heavy atom. The summed E-state index contributed by atoms with van der Waals surface area (Å²) in [5.74, 6) is -2.16. The quantitative estimate of drug-likeness (QED) is 0.320. The number of rotatable bonds is 6. The van der Waals surface area contributed by atoms with Crippen LogP contribution in [-0.2, 0) is 9.59 Å². The minimum absolute atomic E-state index is 0.246. The van der Waals surface area contributed by atoms with Crippen molar-refractivity contribution in [1.82, 2.24) is 0 Å². The Morgan fingerprint density at radius 3 is 1.54 bits per heavy atom. The first-order chi connectivity index (χ1) is 5.95. The van der Waals surface area contributed by atoms with Crippen LogP contribution in [0.15, 0.2) is 0 Å². The van der Waals surface area contributed by atoms with Gasteiger partial charge in [0.15, 0.2) is 0 Å². The van der Waals surface area contributed by atoms with Gasteiger partial charge in [0.25, 0.3) is 0 Å². The molecule has 0 aliphatic rings. The summed E-state index contributed by atoms with van der Waals surface area (Å²) in [6, 6.07) is -1.86. The van der Waals surface area contributed by atoms with E-state index < -0.39 is 24.0 Å². The summed E-state index contributed by atoms with van der Waals surface area (Å²) in [5.41, 5.74) is 10.4. The Labute approximate surface area is 75.5 Å². The van der Waals surface area contributed by atoms with Crippen molar-refractivity contribution in [3.8, 4) is 0 Å². The van der Waals surface area contributed by atoms with Crippen LogP contribution in [0.5, 0.6) is 0 Å². The van der Waals surface area contributed by atoms with E-state index in [4.69, 9.17) is 21.7 Å². The molecule has 0 aromatic carbocycles. The number of carboxylic acids is 2. The van der Waals surface area contributed by atoms with Crippen molar-refractivity contribution in [3.05, 3.63) is 0 Å². The van der Waals surface area contributed by atoms with E-state index in [1.807, 2.05) is 0 Å². The van der Waals surface area contributed by atoms with Gasteiger partial charge in [-0.1, -0.05) is 0 Å². The van der Waals surface area contributed by atoms with Crippen molar-refractivity contribution in [3.63, 3.8) is 0 Å². The molecule has 76 valence electrons. The smallest absolute Gasteiger partial charge is 0.320 e. The second-order valence-corrected chi connectivity index (χ2v) is 2.82. The first-order valence-corrected chi connectivity index (χ1v) is 3.92. The standard InChI is InChI=1S/C7H14N2O4/c8-4(6(10)11)2-1-3-5(9)7(12)13/h4-5H,1-3,8-9H2,(H,10,11)(H,12,13)/i1+1,2+1,3+1,4+1,5+1,6+1,7+1,8+1,9+1. The third kappa shape index (κ3) is 5.15. The van der Waals surface area contributed by atoms with E-state index >= 15 is 0 Å². The second kappa shape index (κ2) is 5.50. The molecule has 0 saturated heterocycles. The lowest BCUT2D eigenvalue weighted by Crippen LogP contribution is -2.33. The monoisotopic (exact) mass is 199 g/mol. The molecule has 6 nitrogen and oxygen atoms in total. The van der Waals surface area contributed by atoms with Gasteiger partial charge in [-0.25, -0.2) is 0 Å². The maximum Gasteiger partial charge on any atom is 0.320 e. The highest BCUT2D eigenvalue weighted by molar-refractivity contribution is 5.73. The van der Waals surface area contributed by atoms with Gasteiger partial charge in [-0.3, -0.25) is 9.59 Å². The summed E-state index contributed by atoms with van der Waals surface area (Å²) in [7, 11) is 0. The van der Waals surface area contributed by atoms with E-state index in [9.17, 15) is 9.59 Å². The molecule has 13 heavy (non-hydrogen) atoms. The third-order valence-corrected chi connectivity index (χ3v) is 1.66. The first kappa shape index (κ1) is 11.9. The molecule has 0 heterocycles. The second-order valence-electron chi connectivity index (χ2n) is 2.82. The van der Waals surface area contributed by atoms with Crippen molar-refractivity contribution >= 4 is 11.9 Å². The van der Waals surface area contributed by atoms with Crippen LogP contribution >= 0.6 is 0 Å². The molecule has 2 unspecified atom stereocenters. The highest BCUT2D eigenvalue weighted by Gasteiger charge is 2.14. The average Bonchev–Trinajstić information content (AvgIpc) is 2.03. The van der Waals surface area contributed by atoms with Crippen LogP contribution in [0.2, 0.25) is 0 Å². The van der Waals surface area contributed by atoms with Gasteiger partial charge in [0.05, 0.1) is 0 Å². The molecule has 2 atom stereocenters. The Hall–Kier alpha value is -1.14. The van der Waals surface area contributed by atoms with Crippen molar-refractivity contribution in [1.29, 1.82) is 0 Å². The van der Waals surface area contributed by atoms with Crippen molar-refractivity contribution in [2.24, 2.45) is 11.5 Å². The van der Waals surface area contributed by atoms with Crippen molar-refractivity contribution < 1.29 is 19.8 Å². The fourth-order valence-corrected chi connectivity index (χ4v) is 0.805. The van der Waals surface area contributed by atoms with Crippen LogP contribution in [0.25, 0.3) is 0 Å². The highest BCUT2D eigenvalue weighted by atomic mass is 16.5. The maximum absolute atomic E-state index is 10.2.